The van der Waals surface area contributed by atoms with Crippen molar-refractivity contribution in [2.24, 2.45) is 20.0 Å². The largest absolute Gasteiger partial charge is 0.297 e. The molecule has 0 atom stereocenters. The van der Waals surface area contributed by atoms with Crippen molar-refractivity contribution in [1.29, 1.82) is 0 Å². The fourth-order valence-corrected chi connectivity index (χ4v) is 6.89. The lowest BCUT2D eigenvalue weighted by molar-refractivity contribution is -0.414. The number of rotatable bonds is 5. The van der Waals surface area contributed by atoms with Crippen LogP contribution in [0.3, 0.4) is 0 Å². The van der Waals surface area contributed by atoms with E-state index in [1.165, 1.54) is 0 Å². The number of allylic oxidation sites excluding steroid dienone is 11. The molecule has 0 unspecified atom stereocenters. The molecule has 8 bridgehead atoms. The van der Waals surface area contributed by atoms with Crippen molar-refractivity contribution in [3.8, 4) is 0 Å². The predicted molar refractivity (Wildman–Crippen MR) is 206 cm³/mol. The van der Waals surface area contributed by atoms with Crippen LogP contribution in [0.2, 0.25) is 0 Å². The predicted octanol–water partition coefficient (Wildman–Crippen LogP) is 9.29. The van der Waals surface area contributed by atoms with Crippen molar-refractivity contribution in [2.75, 3.05) is 0 Å². The quantitative estimate of drug-likeness (QED) is 0.158. The van der Waals surface area contributed by atoms with E-state index in [-0.39, 0.29) is 16.3 Å². The molecule has 240 valence electrons. The molecule has 0 N–H and O–H groups in total. The van der Waals surface area contributed by atoms with Crippen molar-refractivity contribution in [3.63, 3.8) is 0 Å². The van der Waals surface area contributed by atoms with Crippen LogP contribution in [-0.2, 0) is 0 Å². The topological polar surface area (TPSA) is 92.6 Å². The van der Waals surface area contributed by atoms with Crippen LogP contribution < -0.4 is 0 Å². The van der Waals surface area contributed by atoms with Gasteiger partial charge in [0.1, 0.15) is 0 Å². The van der Waals surface area contributed by atoms with Gasteiger partial charge in [0.15, 0.2) is 5.71 Å². The zero-order valence-electron chi connectivity index (χ0n) is 27.1. The van der Waals surface area contributed by atoms with Crippen LogP contribution in [-0.4, -0.2) is 27.8 Å². The van der Waals surface area contributed by atoms with Gasteiger partial charge < -0.3 is 0 Å². The highest BCUT2D eigenvalue weighted by Crippen LogP contribution is 2.39. The molecule has 9 rings (SSSR count). The first-order valence-corrected chi connectivity index (χ1v) is 16.6. The Hall–Kier alpha value is -7.12. The van der Waals surface area contributed by atoms with Gasteiger partial charge in [-0.1, -0.05) is 121 Å². The molecule has 0 aromatic heterocycles. The molecule has 5 heterocycles. The van der Waals surface area contributed by atoms with E-state index in [1.807, 2.05) is 146 Å². The number of nitro groups is 1. The number of aliphatic imine (C=N–C) groups is 4. The maximum Gasteiger partial charge on any atom is 0.297 e. The molecule has 5 aliphatic rings. The second kappa shape index (κ2) is 12.4. The third kappa shape index (κ3) is 5.34. The summed E-state index contributed by atoms with van der Waals surface area (Å²) in [6.45, 7) is 0. The molecule has 7 nitrogen and oxygen atoms in total. The first-order valence-electron chi connectivity index (χ1n) is 16.6. The average Bonchev–Trinajstić information content (AvgIpc) is 4.00. The van der Waals surface area contributed by atoms with Crippen LogP contribution in [0.1, 0.15) is 22.3 Å². The fourth-order valence-electron chi connectivity index (χ4n) is 6.89. The molecule has 7 heteroatoms. The van der Waals surface area contributed by atoms with Crippen molar-refractivity contribution >= 4 is 45.1 Å². The second-order valence-corrected chi connectivity index (χ2v) is 12.2. The molecule has 0 radical (unpaired) electrons. The highest BCUT2D eigenvalue weighted by molar-refractivity contribution is 6.40. The summed E-state index contributed by atoms with van der Waals surface area (Å²) in [6, 6.07) is 39.5. The van der Waals surface area contributed by atoms with Gasteiger partial charge in [-0.3, -0.25) is 10.1 Å². The summed E-state index contributed by atoms with van der Waals surface area (Å²) in [7, 11) is 0. The number of fused-ring (bicyclic) bond motifs is 4. The monoisotopic (exact) mass is 657 g/mol. The lowest BCUT2D eigenvalue weighted by Crippen LogP contribution is -2.12. The third-order valence-electron chi connectivity index (χ3n) is 9.14. The molecule has 0 fully saturated rings. The molecule has 4 aromatic rings. The molecule has 0 aliphatic carbocycles. The lowest BCUT2D eigenvalue weighted by Gasteiger charge is -2.12. The van der Waals surface area contributed by atoms with Crippen LogP contribution in [0.15, 0.2) is 212 Å². The van der Waals surface area contributed by atoms with Gasteiger partial charge in [0.25, 0.3) is 5.70 Å². The summed E-state index contributed by atoms with van der Waals surface area (Å²) in [6.07, 6.45) is 13.4. The highest BCUT2D eigenvalue weighted by Gasteiger charge is 2.35. The summed E-state index contributed by atoms with van der Waals surface area (Å²) in [5, 5.41) is 12.9. The maximum absolute atomic E-state index is 12.9. The van der Waals surface area contributed by atoms with E-state index in [1.54, 1.807) is 6.08 Å². The first kappa shape index (κ1) is 30.0. The van der Waals surface area contributed by atoms with Crippen LogP contribution in [0.4, 0.5) is 0 Å². The summed E-state index contributed by atoms with van der Waals surface area (Å²) in [4.78, 5) is 33.2. The zero-order valence-corrected chi connectivity index (χ0v) is 27.1. The molecular weight excluding hydrogens is 631 g/mol. The van der Waals surface area contributed by atoms with Gasteiger partial charge in [-0.25, -0.2) is 20.0 Å². The van der Waals surface area contributed by atoms with E-state index in [9.17, 15) is 10.1 Å². The van der Waals surface area contributed by atoms with E-state index in [4.69, 9.17) is 20.0 Å². The summed E-state index contributed by atoms with van der Waals surface area (Å²) in [5.41, 5.74) is 11.3. The zero-order chi connectivity index (χ0) is 34.3. The minimum Gasteiger partial charge on any atom is -0.258 e. The van der Waals surface area contributed by atoms with Crippen molar-refractivity contribution in [1.82, 2.24) is 0 Å². The van der Waals surface area contributed by atoms with Gasteiger partial charge in [0, 0.05) is 28.4 Å². The SMILES string of the molecule is O=[N+]([O-])C1=CC2=C(c3ccccc3)C3=NC(=C(c4ccccc4)C4=NC(=C(c5ccccc5)C5=NC(=C(c6ccccc6)C1=N2)C=C5)C=C4)C=C3. The minimum atomic E-state index is -0.364. The van der Waals surface area contributed by atoms with Gasteiger partial charge in [0.2, 0.25) is 0 Å². The standard InChI is InChI=1S/C44H27N5O2/c50-49(51)39-27-38-42(30-17-9-3-10-18-30)36-24-23-34(46-36)40(28-13-5-1-6-14-28)32-21-22-33(45-32)41(29-15-7-2-8-16-29)35-25-26-37(47-35)43(44(39)48-38)31-19-11-4-12-20-31/h1-27H. The second-order valence-electron chi connectivity index (χ2n) is 12.2. The number of benzene rings is 4. The van der Waals surface area contributed by atoms with Crippen LogP contribution in [0.5, 0.6) is 0 Å². The Morgan fingerprint density at radius 1 is 0.392 bits per heavy atom. The van der Waals surface area contributed by atoms with E-state index >= 15 is 0 Å². The Balaban J connectivity index is 1.41. The summed E-state index contributed by atoms with van der Waals surface area (Å²) in [5.74, 6) is 0. The Labute approximate surface area is 294 Å². The smallest absolute Gasteiger partial charge is 0.258 e. The number of hydrogen-bond acceptors (Lipinski definition) is 6. The van der Waals surface area contributed by atoms with Gasteiger partial charge >= 0.3 is 0 Å². The molecule has 51 heavy (non-hydrogen) atoms. The summed E-state index contributed by atoms with van der Waals surface area (Å²) < 4.78 is 0. The molecule has 0 saturated heterocycles. The van der Waals surface area contributed by atoms with E-state index in [0.717, 1.165) is 50.5 Å². The molecule has 0 saturated carbocycles. The minimum absolute atomic E-state index is 0.108. The number of nitrogens with zero attached hydrogens (tertiary/aromatic N) is 5. The maximum atomic E-state index is 12.9. The molecular formula is C44H27N5O2. The Morgan fingerprint density at radius 3 is 1.10 bits per heavy atom. The fraction of sp³-hybridized carbons (Fsp3) is 0. The Kier molecular flexibility index (Phi) is 7.29. The van der Waals surface area contributed by atoms with Crippen molar-refractivity contribution in [2.45, 2.75) is 0 Å². The van der Waals surface area contributed by atoms with Crippen molar-refractivity contribution < 1.29 is 4.92 Å². The van der Waals surface area contributed by atoms with E-state index in [2.05, 4.69) is 12.1 Å². The lowest BCUT2D eigenvalue weighted by atomic mass is 9.97. The Bertz CT molecular complexity index is 2470. The van der Waals surface area contributed by atoms with Gasteiger partial charge in [0.05, 0.1) is 44.8 Å². The normalized spacial score (nSPS) is 17.6. The van der Waals surface area contributed by atoms with Crippen LogP contribution in [0, 0.1) is 10.1 Å². The molecule has 4 aromatic carbocycles. The van der Waals surface area contributed by atoms with Crippen LogP contribution >= 0.6 is 0 Å². The first-order chi connectivity index (χ1) is 25.1. The van der Waals surface area contributed by atoms with Gasteiger partial charge in [-0.15, -0.1) is 0 Å². The summed E-state index contributed by atoms with van der Waals surface area (Å²) >= 11 is 0. The van der Waals surface area contributed by atoms with Gasteiger partial charge in [-0.2, -0.15) is 0 Å². The van der Waals surface area contributed by atoms with E-state index in [0.29, 0.717) is 34.0 Å². The Morgan fingerprint density at radius 2 is 0.725 bits per heavy atom. The number of hydrogen-bond donors (Lipinski definition) is 0. The highest BCUT2D eigenvalue weighted by atomic mass is 16.6. The van der Waals surface area contributed by atoms with Crippen molar-refractivity contribution in [3.05, 3.63) is 225 Å². The van der Waals surface area contributed by atoms with Gasteiger partial charge in [-0.05, 0) is 58.7 Å². The molecule has 5 aliphatic heterocycles. The third-order valence-corrected chi connectivity index (χ3v) is 9.14. The van der Waals surface area contributed by atoms with E-state index < -0.39 is 0 Å². The molecule has 0 spiro atoms. The van der Waals surface area contributed by atoms with Crippen LogP contribution in [0.25, 0.3) is 22.3 Å². The molecule has 0 amide bonds. The average molecular weight is 658 g/mol.